The molecule has 0 bridgehead atoms. The lowest BCUT2D eigenvalue weighted by Crippen LogP contribution is -2.15. The first-order chi connectivity index (χ1) is 13.2. The van der Waals surface area contributed by atoms with Gasteiger partial charge >= 0.3 is 0 Å². The molecule has 9 heteroatoms. The summed E-state index contributed by atoms with van der Waals surface area (Å²) in [6.45, 7) is 4.59. The Morgan fingerprint density at radius 2 is 1.71 bits per heavy atom. The van der Waals surface area contributed by atoms with Crippen LogP contribution in [0.4, 0.5) is 15.8 Å². The van der Waals surface area contributed by atoms with Gasteiger partial charge in [-0.25, -0.2) is 17.5 Å². The summed E-state index contributed by atoms with van der Waals surface area (Å²) in [6, 6.07) is 12.0. The van der Waals surface area contributed by atoms with Crippen molar-refractivity contribution in [3.05, 3.63) is 65.7 Å². The second-order valence-corrected chi connectivity index (χ2v) is 7.87. The summed E-state index contributed by atoms with van der Waals surface area (Å²) in [6.07, 6.45) is 0. The zero-order valence-electron chi connectivity index (χ0n) is 15.5. The average Bonchev–Trinajstić information content (AvgIpc) is 2.90. The second kappa shape index (κ2) is 7.43. The molecule has 1 amide bonds. The molecule has 146 valence electrons. The zero-order chi connectivity index (χ0) is 20.5. The molecule has 0 fully saturated rings. The summed E-state index contributed by atoms with van der Waals surface area (Å²) in [7, 11) is -3.94. The number of carbonyl (C=O) groups is 1. The van der Waals surface area contributed by atoms with Crippen molar-refractivity contribution < 1.29 is 17.6 Å². The first kappa shape index (κ1) is 19.6. The Morgan fingerprint density at radius 3 is 2.36 bits per heavy atom. The maximum atomic E-state index is 13.2. The summed E-state index contributed by atoms with van der Waals surface area (Å²) < 4.78 is 43.1. The number of aryl methyl sites for hydroxylation is 1. The smallest absolute Gasteiger partial charge is 0.265 e. The van der Waals surface area contributed by atoms with Crippen LogP contribution in [-0.4, -0.2) is 24.1 Å². The van der Waals surface area contributed by atoms with Crippen LogP contribution < -0.4 is 10.0 Å². The molecule has 1 heterocycles. The van der Waals surface area contributed by atoms with Gasteiger partial charge in [0.1, 0.15) is 10.7 Å². The molecular weight excluding hydrogens is 383 g/mol. The summed E-state index contributed by atoms with van der Waals surface area (Å²) in [4.78, 5) is 11.2. The number of nitrogens with zero attached hydrogens (tertiary/aromatic N) is 2. The van der Waals surface area contributed by atoms with Crippen LogP contribution in [0.25, 0.3) is 5.69 Å². The van der Waals surface area contributed by atoms with E-state index in [1.54, 1.807) is 32.0 Å². The topological polar surface area (TPSA) is 93.1 Å². The molecule has 0 radical (unpaired) electrons. The SMILES string of the molecule is CC(=O)Nc1cccc(NS(=O)(=O)c2c(C)nn(-c3ccc(F)cc3)c2C)c1. The van der Waals surface area contributed by atoms with Crippen LogP contribution in [0.15, 0.2) is 53.4 Å². The fourth-order valence-corrected chi connectivity index (χ4v) is 4.37. The minimum atomic E-state index is -3.94. The normalized spacial score (nSPS) is 11.3. The van der Waals surface area contributed by atoms with Gasteiger partial charge in [-0.1, -0.05) is 6.07 Å². The minimum Gasteiger partial charge on any atom is -0.326 e. The van der Waals surface area contributed by atoms with Crippen molar-refractivity contribution in [1.29, 1.82) is 0 Å². The zero-order valence-corrected chi connectivity index (χ0v) is 16.3. The number of amides is 1. The molecule has 0 saturated heterocycles. The lowest BCUT2D eigenvalue weighted by atomic mass is 10.3. The van der Waals surface area contributed by atoms with Crippen molar-refractivity contribution >= 4 is 27.3 Å². The van der Waals surface area contributed by atoms with Gasteiger partial charge in [0.2, 0.25) is 5.91 Å². The highest BCUT2D eigenvalue weighted by atomic mass is 32.2. The van der Waals surface area contributed by atoms with E-state index < -0.39 is 10.0 Å². The van der Waals surface area contributed by atoms with Gasteiger partial charge in [-0.2, -0.15) is 5.10 Å². The monoisotopic (exact) mass is 402 g/mol. The standard InChI is InChI=1S/C19H19FN4O3S/c1-12-19(13(2)24(22-12)18-9-7-15(20)8-10-18)28(26,27)23-17-6-4-5-16(11-17)21-14(3)25/h4-11,23H,1-3H3,(H,21,25). The number of anilines is 2. The molecule has 0 saturated carbocycles. The van der Waals surface area contributed by atoms with Crippen molar-refractivity contribution in [3.63, 3.8) is 0 Å². The molecule has 0 aliphatic rings. The largest absolute Gasteiger partial charge is 0.326 e. The van der Waals surface area contributed by atoms with Gasteiger partial charge in [0, 0.05) is 12.6 Å². The molecule has 1 aromatic heterocycles. The fraction of sp³-hybridized carbons (Fsp3) is 0.158. The van der Waals surface area contributed by atoms with E-state index in [1.165, 1.54) is 41.9 Å². The number of benzene rings is 2. The quantitative estimate of drug-likeness (QED) is 0.684. The Bertz CT molecular complexity index is 1140. The Balaban J connectivity index is 1.96. The van der Waals surface area contributed by atoms with E-state index >= 15 is 0 Å². The molecule has 0 aliphatic heterocycles. The molecular formula is C19H19FN4O3S. The fourth-order valence-electron chi connectivity index (χ4n) is 2.92. The number of aromatic nitrogens is 2. The number of nitrogens with one attached hydrogen (secondary N) is 2. The molecule has 0 spiro atoms. The predicted octanol–water partition coefficient (Wildman–Crippen LogP) is 3.39. The van der Waals surface area contributed by atoms with Crippen molar-refractivity contribution in [3.8, 4) is 5.69 Å². The highest BCUT2D eigenvalue weighted by Gasteiger charge is 2.25. The van der Waals surface area contributed by atoms with E-state index in [9.17, 15) is 17.6 Å². The molecule has 3 aromatic rings. The van der Waals surface area contributed by atoms with Gasteiger partial charge in [0.25, 0.3) is 10.0 Å². The van der Waals surface area contributed by atoms with Crippen LogP contribution in [0.5, 0.6) is 0 Å². The van der Waals surface area contributed by atoms with Crippen LogP contribution in [0.3, 0.4) is 0 Å². The van der Waals surface area contributed by atoms with E-state index in [0.29, 0.717) is 28.5 Å². The van der Waals surface area contributed by atoms with Crippen LogP contribution in [0.2, 0.25) is 0 Å². The van der Waals surface area contributed by atoms with E-state index in [4.69, 9.17) is 0 Å². The number of rotatable bonds is 5. The third kappa shape index (κ3) is 4.04. The summed E-state index contributed by atoms with van der Waals surface area (Å²) >= 11 is 0. The van der Waals surface area contributed by atoms with E-state index in [1.807, 2.05) is 0 Å². The van der Waals surface area contributed by atoms with Crippen LogP contribution in [0.1, 0.15) is 18.3 Å². The van der Waals surface area contributed by atoms with Gasteiger partial charge in [0.15, 0.2) is 0 Å². The third-order valence-electron chi connectivity index (χ3n) is 4.00. The van der Waals surface area contributed by atoms with Gasteiger partial charge in [0.05, 0.1) is 22.8 Å². The maximum absolute atomic E-state index is 13.2. The number of halogens is 1. The van der Waals surface area contributed by atoms with Crippen molar-refractivity contribution in [2.75, 3.05) is 10.0 Å². The van der Waals surface area contributed by atoms with E-state index in [2.05, 4.69) is 15.1 Å². The maximum Gasteiger partial charge on any atom is 0.265 e. The highest BCUT2D eigenvalue weighted by Crippen LogP contribution is 2.26. The lowest BCUT2D eigenvalue weighted by molar-refractivity contribution is -0.114. The Hall–Kier alpha value is -3.20. The molecule has 2 N–H and O–H groups in total. The Kier molecular flexibility index (Phi) is 5.19. The number of carbonyl (C=O) groups excluding carboxylic acids is 1. The molecule has 7 nitrogen and oxygen atoms in total. The molecule has 28 heavy (non-hydrogen) atoms. The van der Waals surface area contributed by atoms with Gasteiger partial charge in [-0.3, -0.25) is 9.52 Å². The van der Waals surface area contributed by atoms with Gasteiger partial charge in [-0.05, 0) is 56.3 Å². The van der Waals surface area contributed by atoms with Crippen molar-refractivity contribution in [2.45, 2.75) is 25.7 Å². The van der Waals surface area contributed by atoms with Crippen molar-refractivity contribution in [2.24, 2.45) is 0 Å². The number of hydrogen-bond acceptors (Lipinski definition) is 4. The van der Waals surface area contributed by atoms with Gasteiger partial charge < -0.3 is 5.32 Å². The Morgan fingerprint density at radius 1 is 1.07 bits per heavy atom. The molecule has 0 atom stereocenters. The first-order valence-corrected chi connectivity index (χ1v) is 9.88. The predicted molar refractivity (Wildman–Crippen MR) is 105 cm³/mol. The first-order valence-electron chi connectivity index (χ1n) is 8.40. The van der Waals surface area contributed by atoms with Gasteiger partial charge in [-0.15, -0.1) is 0 Å². The molecule has 0 aliphatic carbocycles. The minimum absolute atomic E-state index is 0.0433. The molecule has 3 rings (SSSR count). The average molecular weight is 402 g/mol. The number of sulfonamides is 1. The summed E-state index contributed by atoms with van der Waals surface area (Å²) in [5.74, 6) is -0.647. The summed E-state index contributed by atoms with van der Waals surface area (Å²) in [5.41, 5.74) is 2.04. The third-order valence-corrected chi connectivity index (χ3v) is 5.63. The lowest BCUT2D eigenvalue weighted by Gasteiger charge is -2.10. The number of hydrogen-bond donors (Lipinski definition) is 2. The van der Waals surface area contributed by atoms with E-state index in [-0.39, 0.29) is 16.6 Å². The highest BCUT2D eigenvalue weighted by molar-refractivity contribution is 7.92. The van der Waals surface area contributed by atoms with Crippen LogP contribution in [0, 0.1) is 19.7 Å². The summed E-state index contributed by atoms with van der Waals surface area (Å²) in [5, 5.41) is 6.90. The van der Waals surface area contributed by atoms with Crippen LogP contribution >= 0.6 is 0 Å². The molecule has 2 aromatic carbocycles. The second-order valence-electron chi connectivity index (χ2n) is 6.26. The van der Waals surface area contributed by atoms with Crippen molar-refractivity contribution in [1.82, 2.24) is 9.78 Å². The van der Waals surface area contributed by atoms with E-state index in [0.717, 1.165) is 0 Å². The van der Waals surface area contributed by atoms with Crippen LogP contribution in [-0.2, 0) is 14.8 Å². The molecule has 0 unspecified atom stereocenters. The Labute approximate surface area is 162 Å².